The maximum Gasteiger partial charge on any atom is 0.253 e. The molecule has 0 aromatic heterocycles. The molecule has 5 heteroatoms. The molecule has 0 bridgehead atoms. The highest BCUT2D eigenvalue weighted by atomic mass is 16.5. The number of benzene rings is 2. The molecule has 1 saturated heterocycles. The van der Waals surface area contributed by atoms with E-state index in [1.165, 1.54) is 11.1 Å². The third-order valence-electron chi connectivity index (χ3n) is 5.23. The zero-order chi connectivity index (χ0) is 18.6. The van der Waals surface area contributed by atoms with Gasteiger partial charge in [-0.15, -0.1) is 0 Å². The van der Waals surface area contributed by atoms with Crippen LogP contribution in [-0.4, -0.2) is 55.1 Å². The number of hydrogen-bond acceptors (Lipinski definition) is 4. The summed E-state index contributed by atoms with van der Waals surface area (Å²) < 4.78 is 11.0. The number of rotatable bonds is 5. The summed E-state index contributed by atoms with van der Waals surface area (Å²) in [4.78, 5) is 17.1. The topological polar surface area (TPSA) is 42.0 Å². The van der Waals surface area contributed by atoms with E-state index in [1.807, 2.05) is 36.1 Å². The maximum absolute atomic E-state index is 12.7. The first-order valence-corrected chi connectivity index (χ1v) is 9.72. The molecule has 2 aromatic rings. The van der Waals surface area contributed by atoms with Gasteiger partial charge in [-0.1, -0.05) is 12.1 Å². The molecule has 5 nitrogen and oxygen atoms in total. The summed E-state index contributed by atoms with van der Waals surface area (Å²) in [7, 11) is 0. The highest BCUT2D eigenvalue weighted by Crippen LogP contribution is 2.26. The number of amides is 1. The number of carbonyl (C=O) groups excluding carboxylic acids is 1. The second kappa shape index (κ2) is 8.01. The Labute approximate surface area is 160 Å². The first-order valence-electron chi connectivity index (χ1n) is 9.72. The van der Waals surface area contributed by atoms with Gasteiger partial charge < -0.3 is 14.4 Å². The van der Waals surface area contributed by atoms with E-state index >= 15 is 0 Å². The van der Waals surface area contributed by atoms with Crippen LogP contribution in [0.4, 0.5) is 0 Å². The number of nitrogens with zero attached hydrogens (tertiary/aromatic N) is 2. The number of ether oxygens (including phenoxy) is 2. The standard InChI is InChI=1S/C22H26N2O3/c1-2-26-20-6-4-18(5-7-20)22(25)24-12-10-23(11-13-24)16-17-3-8-21-19(15-17)9-14-27-21/h3-8,15H,2,9-14,16H2,1H3. The Bertz CT molecular complexity index is 796. The van der Waals surface area contributed by atoms with Crippen molar-refractivity contribution in [1.82, 2.24) is 9.80 Å². The first-order chi connectivity index (χ1) is 13.2. The fourth-order valence-electron chi connectivity index (χ4n) is 3.75. The number of carbonyl (C=O) groups is 1. The summed E-state index contributed by atoms with van der Waals surface area (Å²) in [5.74, 6) is 1.94. The van der Waals surface area contributed by atoms with Crippen molar-refractivity contribution in [3.63, 3.8) is 0 Å². The number of fused-ring (bicyclic) bond motifs is 1. The Hall–Kier alpha value is -2.53. The normalized spacial score (nSPS) is 16.7. The third-order valence-corrected chi connectivity index (χ3v) is 5.23. The minimum Gasteiger partial charge on any atom is -0.494 e. The zero-order valence-corrected chi connectivity index (χ0v) is 15.8. The van der Waals surface area contributed by atoms with Gasteiger partial charge in [-0.3, -0.25) is 9.69 Å². The van der Waals surface area contributed by atoms with Gasteiger partial charge in [0.1, 0.15) is 11.5 Å². The quantitative estimate of drug-likeness (QED) is 0.816. The minimum absolute atomic E-state index is 0.104. The molecule has 142 valence electrons. The highest BCUT2D eigenvalue weighted by molar-refractivity contribution is 5.94. The molecule has 0 radical (unpaired) electrons. The molecule has 1 amide bonds. The van der Waals surface area contributed by atoms with E-state index in [2.05, 4.69) is 23.1 Å². The van der Waals surface area contributed by atoms with Gasteiger partial charge in [0.25, 0.3) is 5.91 Å². The van der Waals surface area contributed by atoms with E-state index in [9.17, 15) is 4.79 Å². The fourth-order valence-corrected chi connectivity index (χ4v) is 3.75. The Balaban J connectivity index is 1.31. The van der Waals surface area contributed by atoms with Gasteiger partial charge in [0, 0.05) is 44.7 Å². The van der Waals surface area contributed by atoms with Crippen LogP contribution in [0.1, 0.15) is 28.4 Å². The van der Waals surface area contributed by atoms with E-state index in [-0.39, 0.29) is 5.91 Å². The molecule has 0 aliphatic carbocycles. The van der Waals surface area contributed by atoms with Crippen molar-refractivity contribution in [2.24, 2.45) is 0 Å². The van der Waals surface area contributed by atoms with Crippen LogP contribution in [-0.2, 0) is 13.0 Å². The van der Waals surface area contributed by atoms with Crippen LogP contribution in [0.25, 0.3) is 0 Å². The second-order valence-corrected chi connectivity index (χ2v) is 7.07. The minimum atomic E-state index is 0.104. The molecular weight excluding hydrogens is 340 g/mol. The molecule has 0 atom stereocenters. The lowest BCUT2D eigenvalue weighted by Crippen LogP contribution is -2.48. The lowest BCUT2D eigenvalue weighted by Gasteiger charge is -2.34. The van der Waals surface area contributed by atoms with E-state index in [0.717, 1.165) is 62.8 Å². The van der Waals surface area contributed by atoms with Gasteiger partial charge in [0.15, 0.2) is 0 Å². The molecule has 0 saturated carbocycles. The van der Waals surface area contributed by atoms with Gasteiger partial charge in [-0.25, -0.2) is 0 Å². The Kier molecular flexibility index (Phi) is 5.30. The molecule has 2 aliphatic heterocycles. The average molecular weight is 366 g/mol. The predicted octanol–water partition coefficient (Wildman–Crippen LogP) is 2.98. The smallest absolute Gasteiger partial charge is 0.253 e. The van der Waals surface area contributed by atoms with Crippen LogP contribution < -0.4 is 9.47 Å². The van der Waals surface area contributed by atoms with Crippen LogP contribution in [0.5, 0.6) is 11.5 Å². The molecule has 4 rings (SSSR count). The largest absolute Gasteiger partial charge is 0.494 e. The van der Waals surface area contributed by atoms with Gasteiger partial charge in [0.2, 0.25) is 0 Å². The fraction of sp³-hybridized carbons (Fsp3) is 0.409. The SMILES string of the molecule is CCOc1ccc(C(=O)N2CCN(Cc3ccc4c(c3)CCO4)CC2)cc1. The predicted molar refractivity (Wildman–Crippen MR) is 104 cm³/mol. The summed E-state index contributed by atoms with van der Waals surface area (Å²) >= 11 is 0. The van der Waals surface area contributed by atoms with E-state index in [4.69, 9.17) is 9.47 Å². The Morgan fingerprint density at radius 1 is 1.07 bits per heavy atom. The maximum atomic E-state index is 12.7. The lowest BCUT2D eigenvalue weighted by molar-refractivity contribution is 0.0628. The molecule has 27 heavy (non-hydrogen) atoms. The molecule has 1 fully saturated rings. The van der Waals surface area contributed by atoms with Crippen molar-refractivity contribution >= 4 is 5.91 Å². The summed E-state index contributed by atoms with van der Waals surface area (Å²) in [5, 5.41) is 0. The van der Waals surface area contributed by atoms with Crippen LogP contribution in [0, 0.1) is 0 Å². The number of hydrogen-bond donors (Lipinski definition) is 0. The van der Waals surface area contributed by atoms with Crippen molar-refractivity contribution in [3.8, 4) is 11.5 Å². The van der Waals surface area contributed by atoms with Gasteiger partial charge >= 0.3 is 0 Å². The van der Waals surface area contributed by atoms with Crippen molar-refractivity contribution in [2.45, 2.75) is 19.9 Å². The highest BCUT2D eigenvalue weighted by Gasteiger charge is 2.22. The van der Waals surface area contributed by atoms with Crippen molar-refractivity contribution < 1.29 is 14.3 Å². The average Bonchev–Trinajstić information content (AvgIpc) is 3.17. The lowest BCUT2D eigenvalue weighted by atomic mass is 10.1. The molecular formula is C22H26N2O3. The van der Waals surface area contributed by atoms with Crippen molar-refractivity contribution in [2.75, 3.05) is 39.4 Å². The van der Waals surface area contributed by atoms with Crippen LogP contribution in [0.15, 0.2) is 42.5 Å². The third kappa shape index (κ3) is 4.08. The Morgan fingerprint density at radius 3 is 2.59 bits per heavy atom. The van der Waals surface area contributed by atoms with E-state index in [1.54, 1.807) is 0 Å². The van der Waals surface area contributed by atoms with E-state index < -0.39 is 0 Å². The summed E-state index contributed by atoms with van der Waals surface area (Å²) in [5.41, 5.74) is 3.37. The first kappa shape index (κ1) is 17.9. The van der Waals surface area contributed by atoms with Crippen LogP contribution in [0.2, 0.25) is 0 Å². The molecule has 2 aromatic carbocycles. The number of piperazine rings is 1. The Morgan fingerprint density at radius 2 is 1.85 bits per heavy atom. The molecule has 2 heterocycles. The second-order valence-electron chi connectivity index (χ2n) is 7.07. The monoisotopic (exact) mass is 366 g/mol. The molecule has 0 N–H and O–H groups in total. The summed E-state index contributed by atoms with van der Waals surface area (Å²) in [6.07, 6.45) is 1.01. The molecule has 0 spiro atoms. The van der Waals surface area contributed by atoms with Gasteiger partial charge in [-0.2, -0.15) is 0 Å². The van der Waals surface area contributed by atoms with Crippen LogP contribution >= 0.6 is 0 Å². The summed E-state index contributed by atoms with van der Waals surface area (Å²) in [6, 6.07) is 13.9. The van der Waals surface area contributed by atoms with Crippen molar-refractivity contribution in [3.05, 3.63) is 59.2 Å². The van der Waals surface area contributed by atoms with Crippen LogP contribution in [0.3, 0.4) is 0 Å². The molecule has 2 aliphatic rings. The van der Waals surface area contributed by atoms with Gasteiger partial charge in [-0.05, 0) is 48.4 Å². The van der Waals surface area contributed by atoms with Crippen molar-refractivity contribution in [1.29, 1.82) is 0 Å². The molecule has 0 unspecified atom stereocenters. The zero-order valence-electron chi connectivity index (χ0n) is 15.8. The van der Waals surface area contributed by atoms with Gasteiger partial charge in [0.05, 0.1) is 13.2 Å². The van der Waals surface area contributed by atoms with E-state index in [0.29, 0.717) is 6.61 Å². The summed E-state index contributed by atoms with van der Waals surface area (Å²) in [6.45, 7) is 7.64.